The Balaban J connectivity index is 1.84. The third kappa shape index (κ3) is 3.52. The summed E-state index contributed by atoms with van der Waals surface area (Å²) < 4.78 is 43.3. The molecule has 1 aromatic heterocycles. The highest BCUT2D eigenvalue weighted by Gasteiger charge is 2.32. The number of alkyl halides is 3. The van der Waals surface area contributed by atoms with Gasteiger partial charge in [0.15, 0.2) is 0 Å². The lowest BCUT2D eigenvalue weighted by molar-refractivity contribution is -0.141. The number of aromatic nitrogens is 1. The molecular formula is C17H15F3N2O3. The van der Waals surface area contributed by atoms with Gasteiger partial charge in [0, 0.05) is 12.0 Å². The molecule has 0 aliphatic carbocycles. The van der Waals surface area contributed by atoms with Crippen LogP contribution in [0.15, 0.2) is 35.1 Å². The van der Waals surface area contributed by atoms with Crippen molar-refractivity contribution in [3.63, 3.8) is 0 Å². The van der Waals surface area contributed by atoms with Gasteiger partial charge in [-0.3, -0.25) is 9.59 Å². The Bertz CT molecular complexity index is 874. The number of hydrogen-bond donors (Lipinski definition) is 2. The maximum atomic E-state index is 12.6. The van der Waals surface area contributed by atoms with E-state index in [0.717, 1.165) is 17.2 Å². The number of fused-ring (bicyclic) bond motifs is 1. The molecular weight excluding hydrogens is 337 g/mol. The van der Waals surface area contributed by atoms with Crippen molar-refractivity contribution < 1.29 is 22.7 Å². The van der Waals surface area contributed by atoms with Gasteiger partial charge in [-0.05, 0) is 30.7 Å². The number of aromatic amines is 1. The minimum absolute atomic E-state index is 0.367. The monoisotopic (exact) mass is 352 g/mol. The fraction of sp³-hybridized carbons (Fsp3) is 0.294. The zero-order valence-corrected chi connectivity index (χ0v) is 13.2. The van der Waals surface area contributed by atoms with Gasteiger partial charge in [-0.15, -0.1) is 0 Å². The Morgan fingerprint density at radius 2 is 2.04 bits per heavy atom. The number of aryl methyl sites for hydroxylation is 1. The maximum Gasteiger partial charge on any atom is 0.431 e. The Morgan fingerprint density at radius 3 is 2.72 bits per heavy atom. The second-order valence-electron chi connectivity index (χ2n) is 5.82. The fourth-order valence-electron chi connectivity index (χ4n) is 2.70. The number of halogens is 3. The first-order valence-electron chi connectivity index (χ1n) is 7.60. The number of hydrogen-bond acceptors (Lipinski definition) is 3. The topological polar surface area (TPSA) is 71.2 Å². The van der Waals surface area contributed by atoms with Crippen LogP contribution in [0.25, 0.3) is 0 Å². The molecule has 8 heteroatoms. The Hall–Kier alpha value is -2.77. The number of H-pyrrole nitrogens is 1. The Kier molecular flexibility index (Phi) is 4.28. The number of amides is 1. The standard InChI is InChI=1S/C17H15F3N2O3/c1-9-2-3-10-12(6-7-25-13(10)8-9)21-15(23)11-4-5-14(17(18,19)20)22-16(11)24/h2-5,8,12H,6-7H2,1H3,(H,21,23)(H,22,24). The van der Waals surface area contributed by atoms with Crippen molar-refractivity contribution in [2.75, 3.05) is 6.61 Å². The maximum absolute atomic E-state index is 12.6. The van der Waals surface area contributed by atoms with Crippen LogP contribution in [0.2, 0.25) is 0 Å². The minimum Gasteiger partial charge on any atom is -0.493 e. The molecule has 0 radical (unpaired) electrons. The van der Waals surface area contributed by atoms with E-state index in [9.17, 15) is 22.8 Å². The van der Waals surface area contributed by atoms with E-state index < -0.39 is 23.3 Å². The van der Waals surface area contributed by atoms with Gasteiger partial charge in [-0.1, -0.05) is 12.1 Å². The zero-order chi connectivity index (χ0) is 18.2. The predicted molar refractivity (Wildman–Crippen MR) is 83.6 cm³/mol. The zero-order valence-electron chi connectivity index (χ0n) is 13.2. The third-order valence-corrected chi connectivity index (χ3v) is 3.97. The molecule has 2 heterocycles. The Morgan fingerprint density at radius 1 is 1.28 bits per heavy atom. The molecule has 2 N–H and O–H groups in total. The molecule has 25 heavy (non-hydrogen) atoms. The molecule has 1 unspecified atom stereocenters. The number of pyridine rings is 1. The summed E-state index contributed by atoms with van der Waals surface area (Å²) in [5.74, 6) is -0.0775. The Labute approximate surface area is 140 Å². The SMILES string of the molecule is Cc1ccc2c(c1)OCCC2NC(=O)c1ccc(C(F)(F)F)[nH]c1=O. The first kappa shape index (κ1) is 17.1. The fourth-order valence-corrected chi connectivity index (χ4v) is 2.70. The predicted octanol–water partition coefficient (Wildman–Crippen LogP) is 2.96. The van der Waals surface area contributed by atoms with Crippen LogP contribution in [-0.4, -0.2) is 17.5 Å². The third-order valence-electron chi connectivity index (χ3n) is 3.97. The highest BCUT2D eigenvalue weighted by molar-refractivity contribution is 5.94. The smallest absolute Gasteiger partial charge is 0.431 e. The van der Waals surface area contributed by atoms with E-state index in [1.165, 1.54) is 0 Å². The summed E-state index contributed by atoms with van der Waals surface area (Å²) in [6.07, 6.45) is -4.17. The molecule has 0 saturated carbocycles. The van der Waals surface area contributed by atoms with Crippen molar-refractivity contribution >= 4 is 5.91 Å². The van der Waals surface area contributed by atoms with Gasteiger partial charge in [-0.2, -0.15) is 13.2 Å². The van der Waals surface area contributed by atoms with E-state index >= 15 is 0 Å². The molecule has 1 atom stereocenters. The van der Waals surface area contributed by atoms with Crippen molar-refractivity contribution in [1.29, 1.82) is 0 Å². The number of benzene rings is 1. The molecule has 0 bridgehead atoms. The van der Waals surface area contributed by atoms with Gasteiger partial charge >= 0.3 is 6.18 Å². The molecule has 5 nitrogen and oxygen atoms in total. The summed E-state index contributed by atoms with van der Waals surface area (Å²) in [6.45, 7) is 2.30. The van der Waals surface area contributed by atoms with E-state index in [1.54, 1.807) is 4.98 Å². The molecule has 0 saturated heterocycles. The van der Waals surface area contributed by atoms with E-state index in [0.29, 0.717) is 24.8 Å². The molecule has 0 fully saturated rings. The lowest BCUT2D eigenvalue weighted by Gasteiger charge is -2.27. The molecule has 1 aliphatic rings. The van der Waals surface area contributed by atoms with Gasteiger partial charge in [0.05, 0.1) is 12.6 Å². The summed E-state index contributed by atoms with van der Waals surface area (Å²) >= 11 is 0. The first-order chi connectivity index (χ1) is 11.8. The number of nitrogens with one attached hydrogen (secondary N) is 2. The summed E-state index contributed by atoms with van der Waals surface area (Å²) in [6, 6.07) is 6.73. The summed E-state index contributed by atoms with van der Waals surface area (Å²) in [5.41, 5.74) is -0.865. The van der Waals surface area contributed by atoms with Crippen molar-refractivity contribution in [2.24, 2.45) is 0 Å². The normalized spacial score (nSPS) is 16.7. The average molecular weight is 352 g/mol. The molecule has 2 aromatic rings. The molecule has 3 rings (SSSR count). The minimum atomic E-state index is -4.67. The lowest BCUT2D eigenvalue weighted by atomic mass is 9.98. The van der Waals surface area contributed by atoms with Crippen LogP contribution in [0.1, 0.15) is 39.6 Å². The van der Waals surface area contributed by atoms with Crippen molar-refractivity contribution in [3.8, 4) is 5.75 Å². The number of ether oxygens (including phenoxy) is 1. The molecule has 0 spiro atoms. The van der Waals surface area contributed by atoms with E-state index in [1.807, 2.05) is 25.1 Å². The van der Waals surface area contributed by atoms with Crippen LogP contribution in [0.5, 0.6) is 5.75 Å². The lowest BCUT2D eigenvalue weighted by Crippen LogP contribution is -2.35. The van der Waals surface area contributed by atoms with E-state index in [2.05, 4.69) is 5.32 Å². The number of rotatable bonds is 2. The highest BCUT2D eigenvalue weighted by atomic mass is 19.4. The van der Waals surface area contributed by atoms with Crippen LogP contribution in [0.4, 0.5) is 13.2 Å². The van der Waals surface area contributed by atoms with Crippen LogP contribution in [-0.2, 0) is 6.18 Å². The van der Waals surface area contributed by atoms with Crippen LogP contribution in [0, 0.1) is 6.92 Å². The van der Waals surface area contributed by atoms with E-state index in [4.69, 9.17) is 4.74 Å². The van der Waals surface area contributed by atoms with Crippen LogP contribution in [0.3, 0.4) is 0 Å². The van der Waals surface area contributed by atoms with Gasteiger partial charge < -0.3 is 15.0 Å². The van der Waals surface area contributed by atoms with Crippen LogP contribution >= 0.6 is 0 Å². The average Bonchev–Trinajstić information content (AvgIpc) is 2.53. The molecule has 1 aromatic carbocycles. The number of carbonyl (C=O) groups is 1. The molecule has 132 valence electrons. The molecule has 1 aliphatic heterocycles. The second kappa shape index (κ2) is 6.27. The highest BCUT2D eigenvalue weighted by Crippen LogP contribution is 2.33. The van der Waals surface area contributed by atoms with Gasteiger partial charge in [0.2, 0.25) is 0 Å². The van der Waals surface area contributed by atoms with E-state index in [-0.39, 0.29) is 11.6 Å². The summed E-state index contributed by atoms with van der Waals surface area (Å²) in [7, 11) is 0. The quantitative estimate of drug-likeness (QED) is 0.873. The second-order valence-corrected chi connectivity index (χ2v) is 5.82. The number of carbonyl (C=O) groups excluding carboxylic acids is 1. The largest absolute Gasteiger partial charge is 0.493 e. The van der Waals surface area contributed by atoms with Crippen molar-refractivity contribution in [1.82, 2.24) is 10.3 Å². The van der Waals surface area contributed by atoms with Gasteiger partial charge in [0.25, 0.3) is 11.5 Å². The molecule has 1 amide bonds. The summed E-state index contributed by atoms with van der Waals surface area (Å²) in [5, 5.41) is 2.69. The summed E-state index contributed by atoms with van der Waals surface area (Å²) in [4.78, 5) is 25.8. The van der Waals surface area contributed by atoms with Crippen LogP contribution < -0.4 is 15.6 Å². The van der Waals surface area contributed by atoms with Gasteiger partial charge in [0.1, 0.15) is 17.0 Å². The van der Waals surface area contributed by atoms with Crippen molar-refractivity contribution in [3.05, 3.63) is 63.1 Å². The van der Waals surface area contributed by atoms with Crippen molar-refractivity contribution in [2.45, 2.75) is 25.6 Å². The van der Waals surface area contributed by atoms with Gasteiger partial charge in [-0.25, -0.2) is 0 Å². The first-order valence-corrected chi connectivity index (χ1v) is 7.60.